The molecule has 0 aromatic carbocycles. The topological polar surface area (TPSA) is 125 Å². The second kappa shape index (κ2) is 4.37. The predicted molar refractivity (Wildman–Crippen MR) is 63.6 cm³/mol. The van der Waals surface area contributed by atoms with E-state index in [0.29, 0.717) is 11.2 Å². The number of imidazole rings is 1. The maximum absolute atomic E-state index is 13.8. The van der Waals surface area contributed by atoms with Crippen LogP contribution in [0.25, 0.3) is 11.2 Å². The van der Waals surface area contributed by atoms with Crippen molar-refractivity contribution >= 4 is 17.0 Å². The molecule has 1 fully saturated rings. The molecule has 2 aromatic rings. The van der Waals surface area contributed by atoms with Gasteiger partial charge in [-0.2, -0.15) is 0 Å². The zero-order valence-corrected chi connectivity index (χ0v) is 9.85. The molecule has 0 radical (unpaired) electrons. The smallest absolute Gasteiger partial charge is 0.167 e. The van der Waals surface area contributed by atoms with Crippen molar-refractivity contribution in [1.82, 2.24) is 19.5 Å². The van der Waals surface area contributed by atoms with E-state index in [-0.39, 0.29) is 5.82 Å². The largest absolute Gasteiger partial charge is 0.394 e. The summed E-state index contributed by atoms with van der Waals surface area (Å²) < 4.78 is 20.7. The molecule has 0 amide bonds. The number of alkyl halides is 1. The molecule has 4 atom stereocenters. The first-order valence-corrected chi connectivity index (χ1v) is 5.72. The Hall–Kier alpha value is -1.84. The molecule has 19 heavy (non-hydrogen) atoms. The minimum Gasteiger partial charge on any atom is -0.394 e. The highest BCUT2D eigenvalue weighted by Crippen LogP contribution is 2.32. The number of aliphatic hydroxyl groups is 1. The van der Waals surface area contributed by atoms with Crippen LogP contribution in [0.5, 0.6) is 0 Å². The number of nitrogens with zero attached hydrogens (tertiary/aromatic N) is 4. The summed E-state index contributed by atoms with van der Waals surface area (Å²) in [6, 6.07) is -0.911. The second-order valence-corrected chi connectivity index (χ2v) is 4.35. The third kappa shape index (κ3) is 1.74. The summed E-state index contributed by atoms with van der Waals surface area (Å²) in [4.78, 5) is 11.9. The SMILES string of the molecule is Nc1ncnc2c1ncn2[C@@H]1O[C@H](CO)C(F)C1N. The van der Waals surface area contributed by atoms with Crippen molar-refractivity contribution in [2.75, 3.05) is 12.3 Å². The third-order valence-corrected chi connectivity index (χ3v) is 3.21. The van der Waals surface area contributed by atoms with E-state index in [1.54, 1.807) is 0 Å². The van der Waals surface area contributed by atoms with Crippen molar-refractivity contribution in [1.29, 1.82) is 0 Å². The Balaban J connectivity index is 2.04. The van der Waals surface area contributed by atoms with E-state index in [4.69, 9.17) is 21.3 Å². The van der Waals surface area contributed by atoms with Gasteiger partial charge in [0, 0.05) is 0 Å². The maximum Gasteiger partial charge on any atom is 0.167 e. The number of aromatic nitrogens is 4. The number of halogens is 1. The van der Waals surface area contributed by atoms with Crippen LogP contribution in [-0.4, -0.2) is 49.5 Å². The summed E-state index contributed by atoms with van der Waals surface area (Å²) >= 11 is 0. The highest BCUT2D eigenvalue weighted by atomic mass is 19.1. The average molecular weight is 268 g/mol. The lowest BCUT2D eigenvalue weighted by atomic mass is 10.1. The van der Waals surface area contributed by atoms with Gasteiger partial charge in [-0.1, -0.05) is 0 Å². The number of aliphatic hydroxyl groups excluding tert-OH is 1. The molecule has 1 aliphatic rings. The number of hydrogen-bond acceptors (Lipinski definition) is 7. The minimum absolute atomic E-state index is 0.228. The summed E-state index contributed by atoms with van der Waals surface area (Å²) in [6.07, 6.45) is -0.478. The monoisotopic (exact) mass is 268 g/mol. The first-order valence-electron chi connectivity index (χ1n) is 5.72. The Kier molecular flexibility index (Phi) is 2.81. The fourth-order valence-corrected chi connectivity index (χ4v) is 2.20. The van der Waals surface area contributed by atoms with Gasteiger partial charge in [0.25, 0.3) is 0 Å². The highest BCUT2D eigenvalue weighted by molar-refractivity contribution is 5.81. The van der Waals surface area contributed by atoms with Gasteiger partial charge < -0.3 is 21.3 Å². The van der Waals surface area contributed by atoms with Crippen LogP contribution in [0.4, 0.5) is 10.2 Å². The molecule has 8 nitrogen and oxygen atoms in total. The van der Waals surface area contributed by atoms with Gasteiger partial charge in [0.2, 0.25) is 0 Å². The Bertz CT molecular complexity index is 605. The normalized spacial score (nSPS) is 31.1. The Morgan fingerprint density at radius 1 is 1.42 bits per heavy atom. The average Bonchev–Trinajstić information content (AvgIpc) is 2.94. The fourth-order valence-electron chi connectivity index (χ4n) is 2.20. The molecule has 0 aliphatic carbocycles. The molecular formula is C10H13FN6O2. The van der Waals surface area contributed by atoms with Crippen molar-refractivity contribution in [3.63, 3.8) is 0 Å². The van der Waals surface area contributed by atoms with Crippen LogP contribution in [0, 0.1) is 0 Å². The first-order chi connectivity index (χ1) is 9.13. The van der Waals surface area contributed by atoms with Gasteiger partial charge in [-0.25, -0.2) is 19.3 Å². The van der Waals surface area contributed by atoms with E-state index in [1.807, 2.05) is 0 Å². The lowest BCUT2D eigenvalue weighted by molar-refractivity contribution is -0.0338. The maximum atomic E-state index is 13.8. The molecule has 2 aromatic heterocycles. The van der Waals surface area contributed by atoms with Crippen LogP contribution >= 0.6 is 0 Å². The number of nitrogens with two attached hydrogens (primary N) is 2. The Morgan fingerprint density at radius 3 is 2.89 bits per heavy atom. The second-order valence-electron chi connectivity index (χ2n) is 4.35. The summed E-state index contributed by atoms with van der Waals surface area (Å²) in [5.41, 5.74) is 12.3. The van der Waals surface area contributed by atoms with Crippen molar-refractivity contribution < 1.29 is 14.2 Å². The lowest BCUT2D eigenvalue weighted by Crippen LogP contribution is -2.37. The molecule has 3 rings (SSSR count). The quantitative estimate of drug-likeness (QED) is 0.635. The fraction of sp³-hybridized carbons (Fsp3) is 0.500. The molecule has 3 heterocycles. The number of anilines is 1. The molecule has 2 unspecified atom stereocenters. The van der Waals surface area contributed by atoms with Crippen LogP contribution in [0.2, 0.25) is 0 Å². The molecule has 1 aliphatic heterocycles. The highest BCUT2D eigenvalue weighted by Gasteiger charge is 2.44. The molecule has 5 N–H and O–H groups in total. The van der Waals surface area contributed by atoms with Crippen LogP contribution < -0.4 is 11.5 Å². The number of hydrogen-bond donors (Lipinski definition) is 3. The van der Waals surface area contributed by atoms with Gasteiger partial charge in [0.1, 0.15) is 24.1 Å². The first kappa shape index (κ1) is 12.2. The standard InChI is InChI=1S/C10H13FN6O2/c11-5-4(1-18)19-10(6(5)12)17-3-16-7-8(13)14-2-15-9(7)17/h2-6,10,18H,1,12H2,(H2,13,14,15)/t4-,5?,6?,10-/m1/s1. The summed E-state index contributed by atoms with van der Waals surface area (Å²) in [5.74, 6) is 0.228. The molecule has 1 saturated heterocycles. The number of ether oxygens (including phenoxy) is 1. The number of rotatable bonds is 2. The lowest BCUT2D eigenvalue weighted by Gasteiger charge is -2.16. The van der Waals surface area contributed by atoms with Crippen molar-refractivity contribution in [3.8, 4) is 0 Å². The number of nitrogen functional groups attached to an aromatic ring is 1. The van der Waals surface area contributed by atoms with Gasteiger partial charge in [-0.05, 0) is 0 Å². The van der Waals surface area contributed by atoms with E-state index >= 15 is 0 Å². The molecule has 0 spiro atoms. The van der Waals surface area contributed by atoms with Gasteiger partial charge in [0.05, 0.1) is 19.0 Å². The third-order valence-electron chi connectivity index (χ3n) is 3.21. The van der Waals surface area contributed by atoms with Gasteiger partial charge in [0.15, 0.2) is 17.7 Å². The summed E-state index contributed by atoms with van der Waals surface area (Å²) in [7, 11) is 0. The molecule has 0 bridgehead atoms. The van der Waals surface area contributed by atoms with E-state index in [2.05, 4.69) is 15.0 Å². The molecule has 102 valence electrons. The molecule has 0 saturated carbocycles. The zero-order chi connectivity index (χ0) is 13.6. The van der Waals surface area contributed by atoms with E-state index < -0.39 is 31.2 Å². The van der Waals surface area contributed by atoms with Gasteiger partial charge in [-0.3, -0.25) is 4.57 Å². The molecule has 9 heteroatoms. The van der Waals surface area contributed by atoms with E-state index in [1.165, 1.54) is 17.2 Å². The Labute approximate surface area is 107 Å². The summed E-state index contributed by atoms with van der Waals surface area (Å²) in [5, 5.41) is 9.04. The van der Waals surface area contributed by atoms with Crippen molar-refractivity contribution in [3.05, 3.63) is 12.7 Å². The van der Waals surface area contributed by atoms with Crippen molar-refractivity contribution in [2.24, 2.45) is 5.73 Å². The van der Waals surface area contributed by atoms with Crippen LogP contribution in [0.1, 0.15) is 6.23 Å². The van der Waals surface area contributed by atoms with Crippen LogP contribution in [0.3, 0.4) is 0 Å². The minimum atomic E-state index is -1.45. The van der Waals surface area contributed by atoms with Gasteiger partial charge >= 0.3 is 0 Å². The molecular weight excluding hydrogens is 255 g/mol. The number of fused-ring (bicyclic) bond motifs is 1. The predicted octanol–water partition coefficient (Wildman–Crippen LogP) is -1.04. The van der Waals surface area contributed by atoms with E-state index in [0.717, 1.165) is 0 Å². The van der Waals surface area contributed by atoms with Crippen LogP contribution in [-0.2, 0) is 4.74 Å². The summed E-state index contributed by atoms with van der Waals surface area (Å²) in [6.45, 7) is -0.435. The Morgan fingerprint density at radius 2 is 2.21 bits per heavy atom. The van der Waals surface area contributed by atoms with Gasteiger partial charge in [-0.15, -0.1) is 0 Å². The van der Waals surface area contributed by atoms with Crippen molar-refractivity contribution in [2.45, 2.75) is 24.5 Å². The zero-order valence-electron chi connectivity index (χ0n) is 9.85. The van der Waals surface area contributed by atoms with Crippen LogP contribution in [0.15, 0.2) is 12.7 Å². The van der Waals surface area contributed by atoms with E-state index in [9.17, 15) is 4.39 Å².